The second-order valence-corrected chi connectivity index (χ2v) is 15.1. The van der Waals surface area contributed by atoms with E-state index in [4.69, 9.17) is 0 Å². The fraction of sp³-hybridized carbons (Fsp3) is 0.0638. The van der Waals surface area contributed by atoms with E-state index in [0.29, 0.717) is 0 Å². The Morgan fingerprint density at radius 1 is 0.396 bits per heavy atom. The van der Waals surface area contributed by atoms with Crippen molar-refractivity contribution in [2.45, 2.75) is 19.3 Å². The first-order valence-electron chi connectivity index (χ1n) is 16.9. The molecule has 0 saturated carbocycles. The average Bonchev–Trinajstić information content (AvgIpc) is 3.62. The van der Waals surface area contributed by atoms with Gasteiger partial charge in [0, 0.05) is 25.6 Å². The first-order chi connectivity index (χ1) is 23.6. The highest BCUT2D eigenvalue weighted by atomic mass is 32.1. The lowest BCUT2D eigenvalue weighted by Crippen LogP contribution is -2.15. The monoisotopic (exact) mass is 626 g/mol. The molecule has 48 heavy (non-hydrogen) atoms. The van der Waals surface area contributed by atoms with E-state index >= 15 is 0 Å². The van der Waals surface area contributed by atoms with E-state index in [1.807, 2.05) is 11.3 Å². The van der Waals surface area contributed by atoms with Crippen LogP contribution in [0.3, 0.4) is 0 Å². The maximum atomic E-state index is 2.50. The molecule has 1 aliphatic carbocycles. The molecule has 224 valence electrons. The fourth-order valence-corrected chi connectivity index (χ4v) is 10.2. The van der Waals surface area contributed by atoms with Gasteiger partial charge in [0.25, 0.3) is 0 Å². The summed E-state index contributed by atoms with van der Waals surface area (Å²) in [5.41, 5.74) is 10.7. The average molecular weight is 627 g/mol. The van der Waals surface area contributed by atoms with Crippen LogP contribution in [0.1, 0.15) is 25.0 Å². The van der Waals surface area contributed by atoms with Gasteiger partial charge in [0.2, 0.25) is 0 Å². The topological polar surface area (TPSA) is 0 Å². The molecule has 0 saturated heterocycles. The third kappa shape index (κ3) is 3.34. The molecule has 0 radical (unpaired) electrons. The second kappa shape index (κ2) is 9.31. The van der Waals surface area contributed by atoms with Crippen LogP contribution < -0.4 is 0 Å². The van der Waals surface area contributed by atoms with E-state index in [1.165, 1.54) is 108 Å². The smallest absolute Gasteiger partial charge is 0.0361 e. The highest BCUT2D eigenvalue weighted by Gasteiger charge is 2.37. The van der Waals surface area contributed by atoms with Crippen LogP contribution in [0, 0.1) is 0 Å². The molecular weight excluding hydrogens is 597 g/mol. The standard InChI is InChI=1S/C47H30S/c1-47(2)38-24-22-27-11-3-4-13-30(27)45(38)36-23-21-29(26-39(36)47)42-31-14-5-7-16-33(31)44(34-17-8-6-15-32(34)42)37-25-28-12-9-19-40-43(28)46-35(37)18-10-20-41(46)48-40/h3-26H,1-2H3. The Hall–Kier alpha value is -5.50. The van der Waals surface area contributed by atoms with Crippen molar-refractivity contribution >= 4 is 74.6 Å². The molecule has 0 atom stereocenters. The van der Waals surface area contributed by atoms with E-state index in [1.54, 1.807) is 0 Å². The Kier molecular flexibility index (Phi) is 5.15. The number of rotatable bonds is 2. The zero-order valence-electron chi connectivity index (χ0n) is 26.8. The van der Waals surface area contributed by atoms with Crippen LogP contribution >= 0.6 is 11.3 Å². The van der Waals surface area contributed by atoms with Gasteiger partial charge < -0.3 is 0 Å². The number of thiophene rings is 1. The first kappa shape index (κ1) is 26.6. The highest BCUT2D eigenvalue weighted by molar-refractivity contribution is 7.26. The summed E-state index contributed by atoms with van der Waals surface area (Å²) in [7, 11) is 0. The normalized spacial score (nSPS) is 13.8. The zero-order valence-corrected chi connectivity index (χ0v) is 27.6. The summed E-state index contributed by atoms with van der Waals surface area (Å²) in [4.78, 5) is 0. The first-order valence-corrected chi connectivity index (χ1v) is 17.7. The molecule has 10 aromatic rings. The molecule has 0 amide bonds. The van der Waals surface area contributed by atoms with Crippen molar-refractivity contribution < 1.29 is 0 Å². The van der Waals surface area contributed by atoms with Crippen molar-refractivity contribution in [1.29, 1.82) is 0 Å². The van der Waals surface area contributed by atoms with Gasteiger partial charge >= 0.3 is 0 Å². The summed E-state index contributed by atoms with van der Waals surface area (Å²) in [6.45, 7) is 4.79. The van der Waals surface area contributed by atoms with E-state index < -0.39 is 0 Å². The minimum absolute atomic E-state index is 0.0961. The summed E-state index contributed by atoms with van der Waals surface area (Å²) < 4.78 is 2.73. The summed E-state index contributed by atoms with van der Waals surface area (Å²) in [6, 6.07) is 55.0. The zero-order chi connectivity index (χ0) is 31.7. The summed E-state index contributed by atoms with van der Waals surface area (Å²) in [5.74, 6) is 0. The molecule has 0 N–H and O–H groups in total. The fourth-order valence-electron chi connectivity index (χ4n) is 9.07. The van der Waals surface area contributed by atoms with Crippen molar-refractivity contribution in [3.8, 4) is 33.4 Å². The summed E-state index contributed by atoms with van der Waals surface area (Å²) in [5, 5.41) is 13.3. The van der Waals surface area contributed by atoms with Crippen LogP contribution in [-0.2, 0) is 5.41 Å². The largest absolute Gasteiger partial charge is 0.135 e. The van der Waals surface area contributed by atoms with Gasteiger partial charge in [-0.25, -0.2) is 0 Å². The molecule has 9 aromatic carbocycles. The lowest BCUT2D eigenvalue weighted by atomic mass is 9.80. The Balaban J connectivity index is 1.23. The van der Waals surface area contributed by atoms with Crippen molar-refractivity contribution in [2.75, 3.05) is 0 Å². The van der Waals surface area contributed by atoms with Gasteiger partial charge in [-0.1, -0.05) is 135 Å². The summed E-state index contributed by atoms with van der Waals surface area (Å²) in [6.07, 6.45) is 0. The molecule has 0 unspecified atom stereocenters. The lowest BCUT2D eigenvalue weighted by molar-refractivity contribution is 0.661. The number of hydrogen-bond donors (Lipinski definition) is 0. The van der Waals surface area contributed by atoms with Gasteiger partial charge in [-0.15, -0.1) is 11.3 Å². The SMILES string of the molecule is CC1(C)c2cc(-c3c4ccccc4c(-c4cc5cccc6sc7cccc4c7c56)c4ccccc34)ccc2-c2c1ccc1ccccc21. The minimum Gasteiger partial charge on any atom is -0.135 e. The predicted octanol–water partition coefficient (Wildman–Crippen LogP) is 13.7. The Labute approximate surface area is 282 Å². The van der Waals surface area contributed by atoms with Gasteiger partial charge in [0.15, 0.2) is 0 Å². The number of hydrogen-bond acceptors (Lipinski definition) is 1. The van der Waals surface area contributed by atoms with Gasteiger partial charge in [0.1, 0.15) is 0 Å². The van der Waals surface area contributed by atoms with Gasteiger partial charge in [-0.2, -0.15) is 0 Å². The Morgan fingerprint density at radius 3 is 1.75 bits per heavy atom. The third-order valence-electron chi connectivity index (χ3n) is 11.2. The van der Waals surface area contributed by atoms with Gasteiger partial charge in [0.05, 0.1) is 0 Å². The highest BCUT2D eigenvalue weighted by Crippen LogP contribution is 2.54. The third-order valence-corrected chi connectivity index (χ3v) is 12.3. The molecule has 1 aliphatic rings. The van der Waals surface area contributed by atoms with Crippen molar-refractivity contribution in [3.05, 3.63) is 157 Å². The van der Waals surface area contributed by atoms with Gasteiger partial charge in [-0.3, -0.25) is 0 Å². The molecular formula is C47H30S. The van der Waals surface area contributed by atoms with E-state index in [9.17, 15) is 0 Å². The molecule has 11 rings (SSSR count). The quantitative estimate of drug-likeness (QED) is 0.132. The van der Waals surface area contributed by atoms with Crippen LogP contribution in [0.2, 0.25) is 0 Å². The molecule has 0 fully saturated rings. The van der Waals surface area contributed by atoms with Gasteiger partial charge in [-0.05, 0) is 112 Å². The molecule has 0 nitrogen and oxygen atoms in total. The van der Waals surface area contributed by atoms with Crippen LogP contribution in [-0.4, -0.2) is 0 Å². The van der Waals surface area contributed by atoms with Crippen molar-refractivity contribution in [3.63, 3.8) is 0 Å². The van der Waals surface area contributed by atoms with E-state index in [-0.39, 0.29) is 5.41 Å². The Bertz CT molecular complexity index is 2910. The summed E-state index contributed by atoms with van der Waals surface area (Å²) >= 11 is 1.91. The molecule has 1 heterocycles. The molecule has 0 spiro atoms. The van der Waals surface area contributed by atoms with E-state index in [2.05, 4.69) is 159 Å². The molecule has 0 aliphatic heterocycles. The molecule has 1 aromatic heterocycles. The lowest BCUT2D eigenvalue weighted by Gasteiger charge is -2.23. The van der Waals surface area contributed by atoms with Crippen molar-refractivity contribution in [2.24, 2.45) is 0 Å². The number of fused-ring (bicyclic) bond motifs is 7. The molecule has 1 heteroatoms. The van der Waals surface area contributed by atoms with Crippen molar-refractivity contribution in [1.82, 2.24) is 0 Å². The minimum atomic E-state index is -0.0961. The van der Waals surface area contributed by atoms with E-state index in [0.717, 1.165) is 0 Å². The van der Waals surface area contributed by atoms with Crippen LogP contribution in [0.15, 0.2) is 146 Å². The number of benzene rings is 9. The van der Waals surface area contributed by atoms with Crippen LogP contribution in [0.5, 0.6) is 0 Å². The maximum Gasteiger partial charge on any atom is 0.0361 e. The molecule has 0 bridgehead atoms. The Morgan fingerprint density at radius 2 is 1.00 bits per heavy atom. The predicted molar refractivity (Wildman–Crippen MR) is 209 cm³/mol. The maximum absolute atomic E-state index is 2.50. The van der Waals surface area contributed by atoms with Crippen LogP contribution in [0.4, 0.5) is 0 Å². The van der Waals surface area contributed by atoms with Crippen LogP contribution in [0.25, 0.3) is 96.6 Å². The second-order valence-electron chi connectivity index (χ2n) is 14.0.